The van der Waals surface area contributed by atoms with Crippen LogP contribution >= 0.6 is 0 Å². The molecule has 158 valence electrons. The van der Waals surface area contributed by atoms with Crippen molar-refractivity contribution in [1.82, 2.24) is 0 Å². The van der Waals surface area contributed by atoms with Crippen LogP contribution in [0, 0.1) is 0 Å². The number of rotatable bonds is 5. The van der Waals surface area contributed by atoms with Gasteiger partial charge in [0.15, 0.2) is 23.4 Å². The van der Waals surface area contributed by atoms with Crippen molar-refractivity contribution in [2.75, 3.05) is 14.2 Å². The number of aldehydes is 1. The lowest BCUT2D eigenvalue weighted by atomic mass is 9.82. The standard InChI is InChI=1S/C28H22O4/c1-30-25-16-19-15-20(18-29)23-13-14-28(21-9-5-3-6-10-21,22-11-7-4-8-12-22)32-27(23)24(19)17-26(25)31-2/h3-18H,1-2H3. The molecule has 1 aliphatic heterocycles. The van der Waals surface area contributed by atoms with E-state index in [1.807, 2.05) is 66.7 Å². The molecule has 1 aliphatic rings. The Hall–Kier alpha value is -4.05. The maximum Gasteiger partial charge on any atom is 0.178 e. The summed E-state index contributed by atoms with van der Waals surface area (Å²) in [7, 11) is 3.20. The van der Waals surface area contributed by atoms with Gasteiger partial charge in [0.2, 0.25) is 0 Å². The first-order valence-electron chi connectivity index (χ1n) is 10.4. The quantitative estimate of drug-likeness (QED) is 0.369. The van der Waals surface area contributed by atoms with Crippen LogP contribution in [-0.4, -0.2) is 20.5 Å². The third kappa shape index (κ3) is 3.04. The highest BCUT2D eigenvalue weighted by Gasteiger charge is 2.38. The summed E-state index contributed by atoms with van der Waals surface area (Å²) in [5.41, 5.74) is 2.47. The van der Waals surface area contributed by atoms with Crippen molar-refractivity contribution in [3.8, 4) is 17.2 Å². The Morgan fingerprint density at radius 2 is 1.41 bits per heavy atom. The van der Waals surface area contributed by atoms with Gasteiger partial charge in [-0.25, -0.2) is 0 Å². The second kappa shape index (κ2) is 7.89. The molecule has 1 heterocycles. The van der Waals surface area contributed by atoms with Crippen molar-refractivity contribution in [2.24, 2.45) is 0 Å². The number of carbonyl (C=O) groups is 1. The van der Waals surface area contributed by atoms with Gasteiger partial charge in [-0.3, -0.25) is 4.79 Å². The summed E-state index contributed by atoms with van der Waals surface area (Å²) in [6.07, 6.45) is 4.87. The van der Waals surface area contributed by atoms with Gasteiger partial charge in [0, 0.05) is 27.6 Å². The molecule has 0 atom stereocenters. The average molecular weight is 422 g/mol. The summed E-state index contributed by atoms with van der Waals surface area (Å²) >= 11 is 0. The van der Waals surface area contributed by atoms with Gasteiger partial charge in [-0.15, -0.1) is 0 Å². The molecule has 4 aromatic carbocycles. The molecule has 0 spiro atoms. The molecule has 32 heavy (non-hydrogen) atoms. The van der Waals surface area contributed by atoms with E-state index in [1.54, 1.807) is 14.2 Å². The van der Waals surface area contributed by atoms with Crippen LogP contribution in [-0.2, 0) is 5.60 Å². The zero-order chi connectivity index (χ0) is 22.1. The number of fused-ring (bicyclic) bond motifs is 3. The maximum absolute atomic E-state index is 12.0. The number of carbonyl (C=O) groups excluding carboxylic acids is 1. The second-order valence-electron chi connectivity index (χ2n) is 7.66. The van der Waals surface area contributed by atoms with Gasteiger partial charge in [-0.2, -0.15) is 0 Å². The SMILES string of the molecule is COc1cc2cc(C=O)c3c(c2cc1OC)OC(c1ccccc1)(c1ccccc1)C=C3. The van der Waals surface area contributed by atoms with E-state index in [1.165, 1.54) is 0 Å². The van der Waals surface area contributed by atoms with Gasteiger partial charge in [-0.1, -0.05) is 60.7 Å². The molecule has 0 saturated heterocycles. The molecule has 4 heteroatoms. The second-order valence-corrected chi connectivity index (χ2v) is 7.66. The smallest absolute Gasteiger partial charge is 0.178 e. The molecular formula is C28H22O4. The fraction of sp³-hybridized carbons (Fsp3) is 0.107. The number of ether oxygens (including phenoxy) is 3. The third-order valence-corrected chi connectivity index (χ3v) is 5.95. The summed E-state index contributed by atoms with van der Waals surface area (Å²) in [5.74, 6) is 1.84. The first kappa shape index (κ1) is 19.9. The number of benzene rings is 4. The van der Waals surface area contributed by atoms with Crippen LogP contribution in [0.25, 0.3) is 16.8 Å². The van der Waals surface area contributed by atoms with Crippen LogP contribution in [0.1, 0.15) is 27.0 Å². The summed E-state index contributed by atoms with van der Waals surface area (Å²) < 4.78 is 17.9. The van der Waals surface area contributed by atoms with Crippen LogP contribution in [0.15, 0.2) is 84.9 Å². The van der Waals surface area contributed by atoms with Crippen molar-refractivity contribution in [3.63, 3.8) is 0 Å². The molecule has 0 unspecified atom stereocenters. The van der Waals surface area contributed by atoms with E-state index >= 15 is 0 Å². The first-order chi connectivity index (χ1) is 15.7. The summed E-state index contributed by atoms with van der Waals surface area (Å²) in [4.78, 5) is 12.0. The van der Waals surface area contributed by atoms with Crippen molar-refractivity contribution in [1.29, 1.82) is 0 Å². The zero-order valence-electron chi connectivity index (χ0n) is 17.9. The first-order valence-corrected chi connectivity index (χ1v) is 10.4. The lowest BCUT2D eigenvalue weighted by molar-refractivity contribution is 0.112. The molecule has 0 bridgehead atoms. The van der Waals surface area contributed by atoms with E-state index < -0.39 is 5.60 Å². The van der Waals surface area contributed by atoms with Crippen molar-refractivity contribution >= 4 is 23.1 Å². The fourth-order valence-corrected chi connectivity index (χ4v) is 4.36. The summed E-state index contributed by atoms with van der Waals surface area (Å²) in [5, 5.41) is 1.69. The lowest BCUT2D eigenvalue weighted by Crippen LogP contribution is -2.34. The number of methoxy groups -OCH3 is 2. The Morgan fingerprint density at radius 1 is 0.812 bits per heavy atom. The van der Waals surface area contributed by atoms with Gasteiger partial charge in [-0.05, 0) is 35.7 Å². The highest BCUT2D eigenvalue weighted by Crippen LogP contribution is 2.47. The summed E-state index contributed by atoms with van der Waals surface area (Å²) in [6, 6.07) is 25.8. The lowest BCUT2D eigenvalue weighted by Gasteiger charge is -2.37. The van der Waals surface area contributed by atoms with Gasteiger partial charge in [0.1, 0.15) is 5.75 Å². The molecule has 0 N–H and O–H groups in total. The van der Waals surface area contributed by atoms with Crippen LogP contribution < -0.4 is 14.2 Å². The van der Waals surface area contributed by atoms with E-state index in [0.717, 1.165) is 33.7 Å². The van der Waals surface area contributed by atoms with Crippen LogP contribution in [0.3, 0.4) is 0 Å². The van der Waals surface area contributed by atoms with E-state index in [2.05, 4.69) is 24.3 Å². The monoisotopic (exact) mass is 422 g/mol. The van der Waals surface area contributed by atoms with Crippen LogP contribution in [0.4, 0.5) is 0 Å². The van der Waals surface area contributed by atoms with E-state index in [9.17, 15) is 4.79 Å². The van der Waals surface area contributed by atoms with E-state index in [4.69, 9.17) is 14.2 Å². The Kier molecular flexibility index (Phi) is 4.91. The molecule has 5 rings (SSSR count). The Bertz CT molecular complexity index is 1280. The molecule has 0 radical (unpaired) electrons. The fourth-order valence-electron chi connectivity index (χ4n) is 4.36. The molecule has 0 saturated carbocycles. The minimum Gasteiger partial charge on any atom is -0.493 e. The normalized spacial score (nSPS) is 13.8. The topological polar surface area (TPSA) is 44.8 Å². The Morgan fingerprint density at radius 3 is 1.97 bits per heavy atom. The minimum absolute atomic E-state index is 0.561. The highest BCUT2D eigenvalue weighted by molar-refractivity contribution is 6.01. The average Bonchev–Trinajstić information content (AvgIpc) is 2.88. The maximum atomic E-state index is 12.0. The molecular weight excluding hydrogens is 400 g/mol. The number of hydrogen-bond acceptors (Lipinski definition) is 4. The van der Waals surface area contributed by atoms with E-state index in [-0.39, 0.29) is 0 Å². The summed E-state index contributed by atoms with van der Waals surface area (Å²) in [6.45, 7) is 0. The van der Waals surface area contributed by atoms with Gasteiger partial charge in [0.05, 0.1) is 14.2 Å². The van der Waals surface area contributed by atoms with Crippen LogP contribution in [0.2, 0.25) is 0 Å². The zero-order valence-corrected chi connectivity index (χ0v) is 17.9. The molecule has 0 fully saturated rings. The molecule has 0 aromatic heterocycles. The van der Waals surface area contributed by atoms with Gasteiger partial charge in [0.25, 0.3) is 0 Å². The molecule has 0 amide bonds. The van der Waals surface area contributed by atoms with Crippen molar-refractivity contribution < 1.29 is 19.0 Å². The predicted octanol–water partition coefficient (Wildman–Crippen LogP) is 6.02. The Balaban J connectivity index is 1.82. The largest absolute Gasteiger partial charge is 0.493 e. The van der Waals surface area contributed by atoms with Gasteiger partial charge >= 0.3 is 0 Å². The Labute approximate surface area is 186 Å². The molecule has 4 aromatic rings. The minimum atomic E-state index is -0.836. The highest BCUT2D eigenvalue weighted by atomic mass is 16.5. The molecule has 0 aliphatic carbocycles. The number of hydrogen-bond donors (Lipinski definition) is 0. The van der Waals surface area contributed by atoms with Crippen molar-refractivity contribution in [3.05, 3.63) is 107 Å². The van der Waals surface area contributed by atoms with Crippen LogP contribution in [0.5, 0.6) is 17.2 Å². The third-order valence-electron chi connectivity index (χ3n) is 5.95. The predicted molar refractivity (Wildman–Crippen MR) is 126 cm³/mol. The van der Waals surface area contributed by atoms with E-state index in [0.29, 0.717) is 22.8 Å². The molecule has 4 nitrogen and oxygen atoms in total. The van der Waals surface area contributed by atoms with Gasteiger partial charge < -0.3 is 14.2 Å². The van der Waals surface area contributed by atoms with Crippen molar-refractivity contribution in [2.45, 2.75) is 5.60 Å².